The van der Waals surface area contributed by atoms with Crippen LogP contribution in [0.15, 0.2) is 29.2 Å². The number of rotatable bonds is 5. The van der Waals surface area contributed by atoms with E-state index in [1.54, 1.807) is 11.8 Å². The maximum Gasteiger partial charge on any atom is 0.251 e. The molecule has 1 amide bonds. The van der Waals surface area contributed by atoms with Crippen LogP contribution in [0.1, 0.15) is 30.6 Å². The van der Waals surface area contributed by atoms with Crippen molar-refractivity contribution in [3.8, 4) is 0 Å². The van der Waals surface area contributed by atoms with E-state index < -0.39 is 0 Å². The minimum Gasteiger partial charge on any atom is -0.352 e. The lowest BCUT2D eigenvalue weighted by atomic mass is 10.2. The van der Waals surface area contributed by atoms with Gasteiger partial charge in [0.1, 0.15) is 0 Å². The smallest absolute Gasteiger partial charge is 0.251 e. The van der Waals surface area contributed by atoms with Crippen LogP contribution in [-0.2, 0) is 0 Å². The van der Waals surface area contributed by atoms with Gasteiger partial charge < -0.3 is 5.32 Å². The number of thioether (sulfide) groups is 1. The molecule has 1 aromatic carbocycles. The average molecular weight is 223 g/mol. The van der Waals surface area contributed by atoms with Crippen molar-refractivity contribution in [1.82, 2.24) is 5.32 Å². The number of hydrogen-bond acceptors (Lipinski definition) is 2. The Morgan fingerprint density at radius 1 is 1.27 bits per heavy atom. The number of carbonyl (C=O) groups is 1. The van der Waals surface area contributed by atoms with Crippen LogP contribution in [0.5, 0.6) is 0 Å². The van der Waals surface area contributed by atoms with E-state index in [1.165, 1.54) is 4.90 Å². The van der Waals surface area contributed by atoms with Crippen molar-refractivity contribution in [1.29, 1.82) is 0 Å². The largest absolute Gasteiger partial charge is 0.352 e. The van der Waals surface area contributed by atoms with Crippen LogP contribution in [0.25, 0.3) is 0 Å². The molecule has 3 heteroatoms. The van der Waals surface area contributed by atoms with Crippen molar-refractivity contribution in [3.05, 3.63) is 29.8 Å². The fourth-order valence-electron chi connectivity index (χ4n) is 1.21. The van der Waals surface area contributed by atoms with Gasteiger partial charge in [0.25, 0.3) is 5.91 Å². The summed E-state index contributed by atoms with van der Waals surface area (Å²) in [5.41, 5.74) is 0.740. The predicted octanol–water partition coefficient (Wildman–Crippen LogP) is 2.94. The number of amides is 1. The molecule has 0 radical (unpaired) electrons. The van der Waals surface area contributed by atoms with Gasteiger partial charge in [0, 0.05) is 17.0 Å². The van der Waals surface area contributed by atoms with E-state index >= 15 is 0 Å². The summed E-state index contributed by atoms with van der Waals surface area (Å²) in [5.74, 6) is 1.08. The second-order valence-corrected chi connectivity index (χ2v) is 4.55. The first-order valence-corrected chi connectivity index (χ1v) is 6.27. The zero-order chi connectivity index (χ0) is 11.1. The van der Waals surface area contributed by atoms with E-state index in [0.717, 1.165) is 24.3 Å². The lowest BCUT2D eigenvalue weighted by molar-refractivity contribution is 0.0953. The van der Waals surface area contributed by atoms with Gasteiger partial charge in [0.15, 0.2) is 0 Å². The molecule has 0 atom stereocenters. The third-order valence-corrected chi connectivity index (χ3v) is 2.86. The zero-order valence-corrected chi connectivity index (χ0v) is 10.1. The molecule has 0 aromatic heterocycles. The summed E-state index contributed by atoms with van der Waals surface area (Å²) in [4.78, 5) is 12.8. The number of benzene rings is 1. The summed E-state index contributed by atoms with van der Waals surface area (Å²) in [5, 5.41) is 2.85. The van der Waals surface area contributed by atoms with E-state index in [0.29, 0.717) is 0 Å². The Labute approximate surface area is 95.5 Å². The van der Waals surface area contributed by atoms with E-state index in [9.17, 15) is 4.79 Å². The fourth-order valence-corrected chi connectivity index (χ4v) is 1.87. The Morgan fingerprint density at radius 3 is 2.47 bits per heavy atom. The highest BCUT2D eigenvalue weighted by molar-refractivity contribution is 7.99. The van der Waals surface area contributed by atoms with Gasteiger partial charge in [-0.3, -0.25) is 4.79 Å². The topological polar surface area (TPSA) is 29.1 Å². The van der Waals surface area contributed by atoms with Crippen LogP contribution >= 0.6 is 11.8 Å². The molecular weight excluding hydrogens is 206 g/mol. The zero-order valence-electron chi connectivity index (χ0n) is 9.25. The number of carbonyl (C=O) groups excluding carboxylic acids is 1. The second kappa shape index (κ2) is 6.51. The van der Waals surface area contributed by atoms with Gasteiger partial charge in [-0.1, -0.05) is 13.8 Å². The van der Waals surface area contributed by atoms with Crippen molar-refractivity contribution in [2.75, 3.05) is 12.3 Å². The molecule has 1 N–H and O–H groups in total. The third-order valence-electron chi connectivity index (χ3n) is 1.96. The minimum absolute atomic E-state index is 0.0184. The predicted molar refractivity (Wildman–Crippen MR) is 65.5 cm³/mol. The highest BCUT2D eigenvalue weighted by atomic mass is 32.2. The maximum atomic E-state index is 11.6. The Bertz CT molecular complexity index is 308. The van der Waals surface area contributed by atoms with Gasteiger partial charge in [-0.2, -0.15) is 0 Å². The average Bonchev–Trinajstić information content (AvgIpc) is 2.27. The second-order valence-electron chi connectivity index (χ2n) is 3.21. The van der Waals surface area contributed by atoms with Gasteiger partial charge >= 0.3 is 0 Å². The summed E-state index contributed by atoms with van der Waals surface area (Å²) in [6, 6.07) is 7.75. The SMILES string of the molecule is CCCNC(=O)c1ccc(SCC)cc1. The first-order valence-electron chi connectivity index (χ1n) is 5.29. The molecule has 82 valence electrons. The Balaban J connectivity index is 2.58. The standard InChI is InChI=1S/C12H17NOS/c1-3-9-13-12(14)10-5-7-11(8-6-10)15-4-2/h5-8H,3-4,9H2,1-2H3,(H,13,14). The van der Waals surface area contributed by atoms with Crippen LogP contribution in [-0.4, -0.2) is 18.2 Å². The number of nitrogens with one attached hydrogen (secondary N) is 1. The van der Waals surface area contributed by atoms with Crippen molar-refractivity contribution < 1.29 is 4.79 Å². The van der Waals surface area contributed by atoms with Crippen LogP contribution in [0.4, 0.5) is 0 Å². The first-order chi connectivity index (χ1) is 7.27. The molecule has 0 saturated heterocycles. The highest BCUT2D eigenvalue weighted by Crippen LogP contribution is 2.17. The quantitative estimate of drug-likeness (QED) is 0.778. The third kappa shape index (κ3) is 3.96. The van der Waals surface area contributed by atoms with Crippen LogP contribution in [0.2, 0.25) is 0 Å². The van der Waals surface area contributed by atoms with Crippen molar-refractivity contribution in [2.24, 2.45) is 0 Å². The van der Waals surface area contributed by atoms with Gasteiger partial charge in [-0.25, -0.2) is 0 Å². The van der Waals surface area contributed by atoms with Crippen molar-refractivity contribution >= 4 is 17.7 Å². The van der Waals surface area contributed by atoms with Crippen LogP contribution < -0.4 is 5.32 Å². The van der Waals surface area contributed by atoms with Gasteiger partial charge in [0.05, 0.1) is 0 Å². The summed E-state index contributed by atoms with van der Waals surface area (Å²) >= 11 is 1.78. The van der Waals surface area contributed by atoms with E-state index in [2.05, 4.69) is 12.2 Å². The Morgan fingerprint density at radius 2 is 1.93 bits per heavy atom. The normalized spacial score (nSPS) is 10.0. The van der Waals surface area contributed by atoms with Crippen molar-refractivity contribution in [2.45, 2.75) is 25.2 Å². The highest BCUT2D eigenvalue weighted by Gasteiger charge is 2.03. The molecule has 0 heterocycles. The lowest BCUT2D eigenvalue weighted by Gasteiger charge is -2.04. The minimum atomic E-state index is 0.0184. The molecule has 1 aromatic rings. The summed E-state index contributed by atoms with van der Waals surface area (Å²) in [7, 11) is 0. The summed E-state index contributed by atoms with van der Waals surface area (Å²) in [6.45, 7) is 4.90. The lowest BCUT2D eigenvalue weighted by Crippen LogP contribution is -2.23. The van der Waals surface area contributed by atoms with Gasteiger partial charge in [-0.15, -0.1) is 11.8 Å². The van der Waals surface area contributed by atoms with E-state index in [1.807, 2.05) is 31.2 Å². The first kappa shape index (κ1) is 12.1. The van der Waals surface area contributed by atoms with Crippen LogP contribution in [0.3, 0.4) is 0 Å². The van der Waals surface area contributed by atoms with E-state index in [-0.39, 0.29) is 5.91 Å². The molecule has 0 fully saturated rings. The van der Waals surface area contributed by atoms with Crippen LogP contribution in [0, 0.1) is 0 Å². The molecule has 0 aliphatic heterocycles. The molecule has 0 aliphatic rings. The van der Waals surface area contributed by atoms with Gasteiger partial charge in [-0.05, 0) is 36.4 Å². The number of hydrogen-bond donors (Lipinski definition) is 1. The van der Waals surface area contributed by atoms with Crippen molar-refractivity contribution in [3.63, 3.8) is 0 Å². The Hall–Kier alpha value is -0.960. The summed E-state index contributed by atoms with van der Waals surface area (Å²) in [6.07, 6.45) is 0.968. The molecule has 0 bridgehead atoms. The molecule has 1 rings (SSSR count). The fraction of sp³-hybridized carbons (Fsp3) is 0.417. The molecular formula is C12H17NOS. The molecule has 0 saturated carbocycles. The molecule has 0 spiro atoms. The Kier molecular flexibility index (Phi) is 5.26. The van der Waals surface area contributed by atoms with E-state index in [4.69, 9.17) is 0 Å². The van der Waals surface area contributed by atoms with Gasteiger partial charge in [0.2, 0.25) is 0 Å². The molecule has 2 nitrogen and oxygen atoms in total. The summed E-state index contributed by atoms with van der Waals surface area (Å²) < 4.78 is 0. The molecule has 0 aliphatic carbocycles. The maximum absolute atomic E-state index is 11.6. The molecule has 0 unspecified atom stereocenters. The molecule has 15 heavy (non-hydrogen) atoms. The monoisotopic (exact) mass is 223 g/mol.